The Labute approximate surface area is 181 Å². The number of fused-ring (bicyclic) bond motifs is 1. The van der Waals surface area contributed by atoms with E-state index in [2.05, 4.69) is 10.6 Å². The summed E-state index contributed by atoms with van der Waals surface area (Å²) < 4.78 is 17.7. The number of nitrogens with one attached hydrogen (secondary N) is 2. The number of aromatic nitrogens is 2. The Balaban J connectivity index is 1.47. The van der Waals surface area contributed by atoms with E-state index in [0.717, 1.165) is 29.0 Å². The second kappa shape index (κ2) is 9.09. The topological polar surface area (TPSA) is 86.6 Å². The molecule has 4 rings (SSSR count). The minimum Gasteiger partial charge on any atom is -0.497 e. The lowest BCUT2D eigenvalue weighted by Crippen LogP contribution is -2.45. The first-order chi connectivity index (χ1) is 15.1. The molecule has 2 aromatic carbocycles. The lowest BCUT2D eigenvalue weighted by Gasteiger charge is -2.25. The molecule has 2 heterocycles. The van der Waals surface area contributed by atoms with Gasteiger partial charge in [-0.15, -0.1) is 0 Å². The quantitative estimate of drug-likeness (QED) is 0.581. The van der Waals surface area contributed by atoms with Crippen LogP contribution in [0.1, 0.15) is 22.2 Å². The fourth-order valence-electron chi connectivity index (χ4n) is 3.65. The minimum atomic E-state index is -0.125. The zero-order valence-electron chi connectivity index (χ0n) is 17.8. The van der Waals surface area contributed by atoms with Gasteiger partial charge in [-0.1, -0.05) is 6.07 Å². The Hall–Kier alpha value is -3.52. The summed E-state index contributed by atoms with van der Waals surface area (Å²) in [6.45, 7) is 1.19. The van der Waals surface area contributed by atoms with Crippen LogP contribution >= 0.6 is 0 Å². The van der Waals surface area contributed by atoms with E-state index >= 15 is 0 Å². The third kappa shape index (κ3) is 4.34. The van der Waals surface area contributed by atoms with E-state index in [0.29, 0.717) is 30.3 Å². The van der Waals surface area contributed by atoms with Gasteiger partial charge in [0.2, 0.25) is 0 Å². The summed E-state index contributed by atoms with van der Waals surface area (Å²) in [7, 11) is 4.88. The van der Waals surface area contributed by atoms with Crippen LogP contribution in [0, 0.1) is 0 Å². The molecule has 0 saturated carbocycles. The van der Waals surface area contributed by atoms with Crippen molar-refractivity contribution in [2.75, 3.05) is 34.4 Å². The highest BCUT2D eigenvalue weighted by atomic mass is 16.5. The van der Waals surface area contributed by atoms with Crippen LogP contribution in [0.2, 0.25) is 0 Å². The molecule has 0 saturated heterocycles. The van der Waals surface area contributed by atoms with Gasteiger partial charge in [-0.05, 0) is 54.4 Å². The van der Waals surface area contributed by atoms with Gasteiger partial charge in [0.15, 0.2) is 11.5 Å². The van der Waals surface area contributed by atoms with Crippen LogP contribution in [0.25, 0.3) is 11.3 Å². The van der Waals surface area contributed by atoms with Crippen LogP contribution in [0.15, 0.2) is 48.5 Å². The van der Waals surface area contributed by atoms with Crippen molar-refractivity contribution in [3.05, 3.63) is 59.8 Å². The van der Waals surface area contributed by atoms with Crippen LogP contribution in [0.5, 0.6) is 17.2 Å². The van der Waals surface area contributed by atoms with Gasteiger partial charge in [-0.2, -0.15) is 5.10 Å². The number of carbonyl (C=O) groups excluding carboxylic acids is 1. The Morgan fingerprint density at radius 2 is 1.81 bits per heavy atom. The van der Waals surface area contributed by atoms with E-state index in [1.54, 1.807) is 26.0 Å². The molecule has 2 N–H and O–H groups in total. The average molecular weight is 422 g/mol. The van der Waals surface area contributed by atoms with Gasteiger partial charge in [-0.3, -0.25) is 10.1 Å². The van der Waals surface area contributed by atoms with Gasteiger partial charge >= 0.3 is 0 Å². The zero-order chi connectivity index (χ0) is 21.8. The lowest BCUT2D eigenvalue weighted by molar-refractivity contribution is 0.0901. The molecule has 162 valence electrons. The number of rotatable bonds is 8. The maximum atomic E-state index is 12.4. The molecule has 0 aliphatic carbocycles. The fraction of sp³-hybridized carbons (Fsp3) is 0.304. The third-order valence-corrected chi connectivity index (χ3v) is 5.35. The van der Waals surface area contributed by atoms with Crippen molar-refractivity contribution in [3.63, 3.8) is 0 Å². The number of benzene rings is 2. The van der Waals surface area contributed by atoms with Crippen molar-refractivity contribution in [1.82, 2.24) is 20.4 Å². The van der Waals surface area contributed by atoms with E-state index in [-0.39, 0.29) is 12.1 Å². The Morgan fingerprint density at radius 1 is 1.03 bits per heavy atom. The van der Waals surface area contributed by atoms with Crippen molar-refractivity contribution < 1.29 is 19.0 Å². The molecule has 0 fully saturated rings. The molecular weight excluding hydrogens is 396 g/mol. The summed E-state index contributed by atoms with van der Waals surface area (Å²) in [6.07, 6.45) is 0.673. The zero-order valence-corrected chi connectivity index (χ0v) is 17.8. The molecule has 3 aromatic rings. The Kier molecular flexibility index (Phi) is 6.08. The van der Waals surface area contributed by atoms with Crippen LogP contribution < -0.4 is 24.8 Å². The highest BCUT2D eigenvalue weighted by Gasteiger charge is 2.27. The Bertz CT molecular complexity index is 1060. The highest BCUT2D eigenvalue weighted by Crippen LogP contribution is 2.28. The predicted octanol–water partition coefficient (Wildman–Crippen LogP) is 2.65. The number of hydrogen-bond donors (Lipinski definition) is 2. The van der Waals surface area contributed by atoms with Crippen molar-refractivity contribution in [2.45, 2.75) is 12.6 Å². The van der Waals surface area contributed by atoms with E-state index in [1.807, 2.05) is 48.5 Å². The highest BCUT2D eigenvalue weighted by molar-refractivity contribution is 5.94. The van der Waals surface area contributed by atoms with Crippen molar-refractivity contribution in [2.24, 2.45) is 0 Å². The molecule has 0 unspecified atom stereocenters. The van der Waals surface area contributed by atoms with Crippen molar-refractivity contribution in [1.29, 1.82) is 0 Å². The van der Waals surface area contributed by atoms with Gasteiger partial charge < -0.3 is 19.5 Å². The van der Waals surface area contributed by atoms with Gasteiger partial charge in [-0.25, -0.2) is 4.68 Å². The number of carbonyl (C=O) groups is 1. The number of hydrogen-bond acceptors (Lipinski definition) is 6. The number of nitrogens with zero attached hydrogens (tertiary/aromatic N) is 2. The Morgan fingerprint density at radius 3 is 2.52 bits per heavy atom. The molecule has 1 aliphatic heterocycles. The van der Waals surface area contributed by atoms with Gasteiger partial charge in [0, 0.05) is 12.1 Å². The normalized spacial score (nSPS) is 15.2. The summed E-state index contributed by atoms with van der Waals surface area (Å²) in [5.74, 6) is 2.08. The summed E-state index contributed by atoms with van der Waals surface area (Å²) >= 11 is 0. The lowest BCUT2D eigenvalue weighted by atomic mass is 10.1. The minimum absolute atomic E-state index is 0.120. The van der Waals surface area contributed by atoms with E-state index in [9.17, 15) is 4.79 Å². The van der Waals surface area contributed by atoms with Gasteiger partial charge in [0.1, 0.15) is 17.6 Å². The molecule has 1 aliphatic rings. The summed E-state index contributed by atoms with van der Waals surface area (Å²) in [4.78, 5) is 12.4. The summed E-state index contributed by atoms with van der Waals surface area (Å²) in [5, 5.41) is 11.1. The SMILES string of the molecule is COc1ccc(-c2cc3n(n2)[C@H](NCCc2ccc(OC)c(OC)c2)CNC3=O)cc1. The number of amides is 1. The first-order valence-electron chi connectivity index (χ1n) is 10.1. The first-order valence-corrected chi connectivity index (χ1v) is 10.1. The maximum Gasteiger partial charge on any atom is 0.269 e. The van der Waals surface area contributed by atoms with E-state index in [1.165, 1.54) is 0 Å². The van der Waals surface area contributed by atoms with Crippen LogP contribution in [-0.4, -0.2) is 50.1 Å². The number of methoxy groups -OCH3 is 3. The molecule has 1 amide bonds. The molecule has 0 spiro atoms. The molecule has 8 nitrogen and oxygen atoms in total. The molecule has 0 bridgehead atoms. The fourth-order valence-corrected chi connectivity index (χ4v) is 3.65. The first kappa shape index (κ1) is 20.7. The molecule has 0 radical (unpaired) electrons. The molecule has 1 atom stereocenters. The van der Waals surface area contributed by atoms with Crippen LogP contribution in [0.3, 0.4) is 0 Å². The van der Waals surface area contributed by atoms with Crippen LogP contribution in [-0.2, 0) is 6.42 Å². The monoisotopic (exact) mass is 422 g/mol. The molecule has 1 aromatic heterocycles. The van der Waals surface area contributed by atoms with Gasteiger partial charge in [0.25, 0.3) is 5.91 Å². The van der Waals surface area contributed by atoms with E-state index < -0.39 is 0 Å². The van der Waals surface area contributed by atoms with Gasteiger partial charge in [0.05, 0.1) is 33.6 Å². The second-order valence-electron chi connectivity index (χ2n) is 7.21. The smallest absolute Gasteiger partial charge is 0.269 e. The number of ether oxygens (including phenoxy) is 3. The third-order valence-electron chi connectivity index (χ3n) is 5.35. The predicted molar refractivity (Wildman–Crippen MR) is 117 cm³/mol. The standard InChI is InChI=1S/C23H26N4O4/c1-29-17-7-5-16(6-8-17)18-13-19-23(28)25-14-22(27(19)26-18)24-11-10-15-4-9-20(30-2)21(12-15)31-3/h4-9,12-13,22,24H,10-11,14H2,1-3H3,(H,25,28)/t22-/m0/s1. The van der Waals surface area contributed by atoms with Crippen molar-refractivity contribution in [3.8, 4) is 28.5 Å². The molecular formula is C23H26N4O4. The summed E-state index contributed by atoms with van der Waals surface area (Å²) in [6, 6.07) is 15.4. The summed E-state index contributed by atoms with van der Waals surface area (Å²) in [5.41, 5.74) is 3.35. The largest absolute Gasteiger partial charge is 0.497 e. The molecule has 31 heavy (non-hydrogen) atoms. The van der Waals surface area contributed by atoms with Crippen molar-refractivity contribution >= 4 is 5.91 Å². The maximum absolute atomic E-state index is 12.4. The van der Waals surface area contributed by atoms with E-state index in [4.69, 9.17) is 19.3 Å². The second-order valence-corrected chi connectivity index (χ2v) is 7.21. The average Bonchev–Trinajstić information content (AvgIpc) is 3.27. The molecule has 8 heteroatoms. The van der Waals surface area contributed by atoms with Crippen LogP contribution in [0.4, 0.5) is 0 Å².